The number of likely N-dealkylation sites (tertiary alicyclic amines) is 1. The molecule has 252 valence electrons. The van der Waals surface area contributed by atoms with Crippen molar-refractivity contribution in [2.45, 2.75) is 103 Å². The number of benzene rings is 2. The van der Waals surface area contributed by atoms with Crippen molar-refractivity contribution in [1.82, 2.24) is 14.9 Å². The molecule has 6 rings (SSSR count). The lowest BCUT2D eigenvalue weighted by Gasteiger charge is -2.48. The van der Waals surface area contributed by atoms with Gasteiger partial charge in [-0.25, -0.2) is 9.18 Å². The molecule has 2 aliphatic rings. The van der Waals surface area contributed by atoms with Gasteiger partial charge in [0.2, 0.25) is 0 Å². The Bertz CT molecular complexity index is 1930. The summed E-state index contributed by atoms with van der Waals surface area (Å²) in [4.78, 5) is 26.1. The highest BCUT2D eigenvalue weighted by Crippen LogP contribution is 2.45. The van der Waals surface area contributed by atoms with Crippen LogP contribution in [0.1, 0.15) is 74.3 Å². The third-order valence-electron chi connectivity index (χ3n) is 10.4. The van der Waals surface area contributed by atoms with Crippen LogP contribution in [-0.4, -0.2) is 59.8 Å². The topological polar surface area (TPSA) is 58.6 Å². The van der Waals surface area contributed by atoms with E-state index in [1.807, 2.05) is 57.2 Å². The van der Waals surface area contributed by atoms with Crippen molar-refractivity contribution in [3.05, 3.63) is 65.2 Å². The summed E-state index contributed by atoms with van der Waals surface area (Å²) in [7, 11) is -2.00. The van der Waals surface area contributed by atoms with Crippen molar-refractivity contribution in [2.75, 3.05) is 18.0 Å². The van der Waals surface area contributed by atoms with Gasteiger partial charge in [0.15, 0.2) is 5.82 Å². The van der Waals surface area contributed by atoms with Crippen molar-refractivity contribution >= 4 is 53.1 Å². The SMILES string of the molecule is CC(C)[Si](C#Cc1cccc2cccc(-c3ncc4c(N5C[C@@H]6[C@H]5CCN6C(=O)OC(C)(C)C)c(Cl)cnc4c3F)c12)(C(C)C)C(C)C. The van der Waals surface area contributed by atoms with Gasteiger partial charge in [0.05, 0.1) is 22.8 Å². The molecular weight excluding hydrogens is 639 g/mol. The van der Waals surface area contributed by atoms with E-state index in [1.165, 1.54) is 6.20 Å². The Morgan fingerprint density at radius 3 is 2.31 bits per heavy atom. The number of carbonyl (C=O) groups excluding carboxylic acids is 1. The first-order chi connectivity index (χ1) is 22.7. The Hall–Kier alpha value is -3.67. The minimum atomic E-state index is -2.00. The summed E-state index contributed by atoms with van der Waals surface area (Å²) in [5.41, 5.74) is 7.51. The maximum absolute atomic E-state index is 16.7. The van der Waals surface area contributed by atoms with Gasteiger partial charge >= 0.3 is 6.09 Å². The fourth-order valence-electron chi connectivity index (χ4n) is 8.24. The number of pyridine rings is 2. The number of rotatable bonds is 5. The molecule has 0 N–H and O–H groups in total. The fraction of sp³-hybridized carbons (Fsp3) is 0.462. The van der Waals surface area contributed by atoms with E-state index in [1.54, 1.807) is 11.1 Å². The van der Waals surface area contributed by atoms with Crippen LogP contribution < -0.4 is 4.90 Å². The van der Waals surface area contributed by atoms with E-state index in [9.17, 15) is 4.79 Å². The van der Waals surface area contributed by atoms with Gasteiger partial charge in [0.1, 0.15) is 24.9 Å². The maximum atomic E-state index is 16.7. The summed E-state index contributed by atoms with van der Waals surface area (Å²) in [5.74, 6) is 3.13. The first-order valence-corrected chi connectivity index (χ1v) is 19.7. The molecule has 6 nitrogen and oxygen atoms in total. The van der Waals surface area contributed by atoms with Crippen LogP contribution in [0, 0.1) is 17.3 Å². The number of carbonyl (C=O) groups is 1. The van der Waals surface area contributed by atoms with E-state index in [4.69, 9.17) is 21.3 Å². The minimum Gasteiger partial charge on any atom is -0.444 e. The molecule has 48 heavy (non-hydrogen) atoms. The number of halogens is 2. The zero-order valence-electron chi connectivity index (χ0n) is 29.5. The van der Waals surface area contributed by atoms with Crippen molar-refractivity contribution in [1.29, 1.82) is 0 Å². The predicted molar refractivity (Wildman–Crippen MR) is 198 cm³/mol. The van der Waals surface area contributed by atoms with E-state index < -0.39 is 19.5 Å². The second-order valence-corrected chi connectivity index (χ2v) is 21.2. The molecule has 2 atom stereocenters. The van der Waals surface area contributed by atoms with Crippen molar-refractivity contribution in [3.8, 4) is 22.7 Å². The van der Waals surface area contributed by atoms with Gasteiger partial charge in [0, 0.05) is 47.4 Å². The number of hydrogen-bond donors (Lipinski definition) is 0. The van der Waals surface area contributed by atoms with Crippen LogP contribution in [-0.2, 0) is 4.74 Å². The molecule has 0 saturated carbocycles. The first-order valence-electron chi connectivity index (χ1n) is 17.1. The van der Waals surface area contributed by atoms with E-state index in [0.717, 1.165) is 22.8 Å². The summed E-state index contributed by atoms with van der Waals surface area (Å²) < 4.78 is 22.4. The molecule has 2 saturated heterocycles. The zero-order valence-corrected chi connectivity index (χ0v) is 31.2. The summed E-state index contributed by atoms with van der Waals surface area (Å²) in [5, 5.41) is 2.87. The summed E-state index contributed by atoms with van der Waals surface area (Å²) in [6.07, 6.45) is 3.68. The Morgan fingerprint density at radius 2 is 1.67 bits per heavy atom. The molecule has 4 heterocycles. The van der Waals surface area contributed by atoms with Crippen LogP contribution in [0.25, 0.3) is 32.9 Å². The highest BCUT2D eigenvalue weighted by molar-refractivity contribution is 6.90. The van der Waals surface area contributed by atoms with Crippen LogP contribution in [0.4, 0.5) is 14.9 Å². The fourth-order valence-corrected chi connectivity index (χ4v) is 13.7. The lowest BCUT2D eigenvalue weighted by molar-refractivity contribution is 0.0194. The second-order valence-electron chi connectivity index (χ2n) is 15.2. The molecule has 0 spiro atoms. The molecule has 2 aliphatic heterocycles. The largest absolute Gasteiger partial charge is 0.444 e. The second kappa shape index (κ2) is 12.7. The summed E-state index contributed by atoms with van der Waals surface area (Å²) in [6.45, 7) is 20.6. The number of nitrogens with zero attached hydrogens (tertiary/aromatic N) is 4. The lowest BCUT2D eigenvalue weighted by atomic mass is 9.94. The van der Waals surface area contributed by atoms with Crippen molar-refractivity contribution < 1.29 is 13.9 Å². The predicted octanol–water partition coefficient (Wildman–Crippen LogP) is 10.0. The average molecular weight is 685 g/mol. The molecule has 0 radical (unpaired) electrons. The van der Waals surface area contributed by atoms with Crippen molar-refractivity contribution in [3.63, 3.8) is 0 Å². The third-order valence-corrected chi connectivity index (χ3v) is 17.0. The van der Waals surface area contributed by atoms with Gasteiger partial charge in [-0.2, -0.15) is 0 Å². The highest BCUT2D eigenvalue weighted by Gasteiger charge is 2.50. The summed E-state index contributed by atoms with van der Waals surface area (Å²) >= 11 is 6.76. The van der Waals surface area contributed by atoms with E-state index in [0.29, 0.717) is 51.4 Å². The van der Waals surface area contributed by atoms with Crippen LogP contribution in [0.5, 0.6) is 0 Å². The number of anilines is 1. The molecule has 4 aromatic rings. The van der Waals surface area contributed by atoms with Gasteiger partial charge < -0.3 is 14.5 Å². The first kappa shape index (κ1) is 34.2. The molecule has 9 heteroatoms. The van der Waals surface area contributed by atoms with E-state index in [2.05, 4.69) is 62.9 Å². The van der Waals surface area contributed by atoms with Gasteiger partial charge in [0.25, 0.3) is 0 Å². The number of amides is 1. The normalized spacial score (nSPS) is 18.0. The quantitative estimate of drug-likeness (QED) is 0.155. The number of fused-ring (bicyclic) bond motifs is 3. The molecule has 1 amide bonds. The van der Waals surface area contributed by atoms with E-state index >= 15 is 4.39 Å². The number of aromatic nitrogens is 2. The molecular formula is C39H46ClFN4O2Si. The van der Waals surface area contributed by atoms with Gasteiger partial charge in [-0.15, -0.1) is 5.54 Å². The van der Waals surface area contributed by atoms with Crippen LogP contribution in [0.3, 0.4) is 0 Å². The number of ether oxygens (including phenoxy) is 1. The minimum absolute atomic E-state index is 0.00955. The molecule has 2 fully saturated rings. The monoisotopic (exact) mass is 684 g/mol. The molecule has 2 aromatic heterocycles. The Kier molecular flexibility index (Phi) is 9.01. The van der Waals surface area contributed by atoms with Crippen molar-refractivity contribution in [2.24, 2.45) is 0 Å². The molecule has 0 unspecified atom stereocenters. The van der Waals surface area contributed by atoms with E-state index in [-0.39, 0.29) is 29.4 Å². The molecule has 0 bridgehead atoms. The zero-order chi connectivity index (χ0) is 34.7. The van der Waals surface area contributed by atoms with Gasteiger partial charge in [-0.05, 0) is 55.3 Å². The third kappa shape index (κ3) is 5.73. The Labute approximate surface area is 290 Å². The summed E-state index contributed by atoms with van der Waals surface area (Å²) in [6, 6.07) is 12.1. The van der Waals surface area contributed by atoms with Crippen LogP contribution in [0.2, 0.25) is 21.6 Å². The molecule has 0 aliphatic carbocycles. The van der Waals surface area contributed by atoms with Gasteiger partial charge in [-0.3, -0.25) is 9.97 Å². The van der Waals surface area contributed by atoms with Crippen LogP contribution in [0.15, 0.2) is 48.8 Å². The Balaban J connectivity index is 1.41. The van der Waals surface area contributed by atoms with Crippen LogP contribution >= 0.6 is 11.6 Å². The smallest absolute Gasteiger partial charge is 0.410 e. The maximum Gasteiger partial charge on any atom is 0.410 e. The van der Waals surface area contributed by atoms with Gasteiger partial charge in [-0.1, -0.05) is 89.4 Å². The Morgan fingerprint density at radius 1 is 1.00 bits per heavy atom. The molecule has 2 aromatic carbocycles. The number of hydrogen-bond acceptors (Lipinski definition) is 5. The average Bonchev–Trinajstić information content (AvgIpc) is 3.33. The highest BCUT2D eigenvalue weighted by atomic mass is 35.5. The standard InChI is InChI=1S/C39H46ClFN4O2Si/c1-23(2)48(24(3)4,25(5)6)19-17-27-13-10-12-26-14-11-15-28(33(26)27)35-34(41)36-29(20-42-35)37(30(40)21-43-36)45-22-32-31(45)16-18-44(32)38(46)47-39(7,8)9/h10-15,20-21,23-25,31-32H,16,18,22H2,1-9H3/t31-,32-/m1/s1. The lowest BCUT2D eigenvalue weighted by Crippen LogP contribution is -2.63.